The molecule has 0 bridgehead atoms. The first-order valence-corrected chi connectivity index (χ1v) is 8.73. The minimum atomic E-state index is -1.59. The SMILES string of the molecule is Cc1nn(-c2ccnc(N)n2)c2cc(C#CC(C)(O)c3cc(CF)on3)ccc12. The highest BCUT2D eigenvalue weighted by atomic mass is 19.1. The van der Waals surface area contributed by atoms with Gasteiger partial charge in [-0.3, -0.25) is 0 Å². The minimum absolute atomic E-state index is 0.0343. The Bertz CT molecular complexity index is 1260. The van der Waals surface area contributed by atoms with Gasteiger partial charge in [0, 0.05) is 29.3 Å². The van der Waals surface area contributed by atoms with Crippen LogP contribution in [0.4, 0.5) is 10.3 Å². The number of aliphatic hydroxyl groups is 1. The van der Waals surface area contributed by atoms with Crippen LogP contribution in [-0.4, -0.2) is 30.0 Å². The molecule has 0 spiro atoms. The van der Waals surface area contributed by atoms with Crippen molar-refractivity contribution in [1.82, 2.24) is 24.9 Å². The third-order valence-corrected chi connectivity index (χ3v) is 4.38. The van der Waals surface area contributed by atoms with E-state index < -0.39 is 12.3 Å². The van der Waals surface area contributed by atoms with Gasteiger partial charge in [0.1, 0.15) is 12.4 Å². The zero-order valence-corrected chi connectivity index (χ0v) is 15.7. The normalized spacial score (nSPS) is 13.1. The molecule has 0 aliphatic rings. The third kappa shape index (κ3) is 3.53. The van der Waals surface area contributed by atoms with Crippen LogP contribution < -0.4 is 5.73 Å². The molecule has 8 nitrogen and oxygen atoms in total. The Kier molecular flexibility index (Phi) is 4.48. The summed E-state index contributed by atoms with van der Waals surface area (Å²) in [5.41, 5.74) is 6.50. The third-order valence-electron chi connectivity index (χ3n) is 4.38. The summed E-state index contributed by atoms with van der Waals surface area (Å²) in [7, 11) is 0. The molecule has 4 rings (SSSR count). The van der Waals surface area contributed by atoms with Crippen LogP contribution in [0.15, 0.2) is 41.1 Å². The van der Waals surface area contributed by atoms with Crippen LogP contribution >= 0.6 is 0 Å². The molecule has 3 heterocycles. The predicted octanol–water partition coefficient (Wildman–Crippen LogP) is 2.42. The van der Waals surface area contributed by atoms with Gasteiger partial charge in [-0.25, -0.2) is 14.1 Å². The smallest absolute Gasteiger partial charge is 0.221 e. The lowest BCUT2D eigenvalue weighted by molar-refractivity contribution is 0.112. The first-order valence-electron chi connectivity index (χ1n) is 8.73. The van der Waals surface area contributed by atoms with E-state index in [1.54, 1.807) is 16.9 Å². The summed E-state index contributed by atoms with van der Waals surface area (Å²) < 4.78 is 19.1. The van der Waals surface area contributed by atoms with Gasteiger partial charge in [-0.2, -0.15) is 10.1 Å². The quantitative estimate of drug-likeness (QED) is 0.514. The van der Waals surface area contributed by atoms with Crippen LogP contribution in [0.25, 0.3) is 16.7 Å². The van der Waals surface area contributed by atoms with Crippen molar-refractivity contribution in [2.45, 2.75) is 26.1 Å². The number of nitrogen functional groups attached to an aromatic ring is 1. The van der Waals surface area contributed by atoms with Crippen molar-refractivity contribution in [3.8, 4) is 17.7 Å². The molecular formula is C20H17FN6O2. The van der Waals surface area contributed by atoms with E-state index in [0.29, 0.717) is 11.4 Å². The van der Waals surface area contributed by atoms with Gasteiger partial charge in [0.15, 0.2) is 17.2 Å². The topological polar surface area (TPSA) is 116 Å². The molecule has 1 aromatic carbocycles. The molecule has 0 aliphatic heterocycles. The number of hydrogen-bond acceptors (Lipinski definition) is 7. The lowest BCUT2D eigenvalue weighted by atomic mass is 10.0. The Labute approximate surface area is 165 Å². The van der Waals surface area contributed by atoms with E-state index in [4.69, 9.17) is 10.3 Å². The molecule has 1 atom stereocenters. The molecule has 0 saturated carbocycles. The van der Waals surface area contributed by atoms with Gasteiger partial charge < -0.3 is 15.4 Å². The molecule has 0 fully saturated rings. The molecule has 146 valence electrons. The van der Waals surface area contributed by atoms with E-state index >= 15 is 0 Å². The van der Waals surface area contributed by atoms with Crippen molar-refractivity contribution >= 4 is 16.9 Å². The van der Waals surface area contributed by atoms with Crippen LogP contribution in [0.3, 0.4) is 0 Å². The number of nitrogens with two attached hydrogens (primary N) is 1. The highest BCUT2D eigenvalue weighted by molar-refractivity contribution is 5.84. The predicted molar refractivity (Wildman–Crippen MR) is 104 cm³/mol. The second-order valence-corrected chi connectivity index (χ2v) is 6.64. The Hall–Kier alpha value is -3.77. The molecule has 1 unspecified atom stereocenters. The van der Waals surface area contributed by atoms with E-state index in [-0.39, 0.29) is 17.4 Å². The number of benzene rings is 1. The molecular weight excluding hydrogens is 375 g/mol. The zero-order valence-electron chi connectivity index (χ0n) is 15.7. The molecule has 0 aliphatic carbocycles. The maximum atomic E-state index is 12.7. The number of anilines is 1. The maximum Gasteiger partial charge on any atom is 0.221 e. The minimum Gasteiger partial charge on any atom is -0.372 e. The van der Waals surface area contributed by atoms with E-state index in [9.17, 15) is 9.50 Å². The number of fused-ring (bicyclic) bond motifs is 1. The first kappa shape index (κ1) is 18.6. The molecule has 9 heteroatoms. The monoisotopic (exact) mass is 392 g/mol. The Morgan fingerprint density at radius 2 is 2.14 bits per heavy atom. The summed E-state index contributed by atoms with van der Waals surface area (Å²) in [6.45, 7) is 2.56. The second-order valence-electron chi connectivity index (χ2n) is 6.64. The van der Waals surface area contributed by atoms with Gasteiger partial charge >= 0.3 is 0 Å². The fraction of sp³-hybridized carbons (Fsp3) is 0.200. The highest BCUT2D eigenvalue weighted by Crippen LogP contribution is 2.23. The van der Waals surface area contributed by atoms with Crippen LogP contribution in [-0.2, 0) is 12.3 Å². The number of aromatic nitrogens is 5. The van der Waals surface area contributed by atoms with Crippen LogP contribution in [0.5, 0.6) is 0 Å². The van der Waals surface area contributed by atoms with Crippen molar-refractivity contribution in [3.63, 3.8) is 0 Å². The van der Waals surface area contributed by atoms with Crippen molar-refractivity contribution in [1.29, 1.82) is 0 Å². The Morgan fingerprint density at radius 3 is 2.86 bits per heavy atom. The summed E-state index contributed by atoms with van der Waals surface area (Å²) in [6.07, 6.45) is 1.56. The van der Waals surface area contributed by atoms with Crippen LogP contribution in [0.1, 0.15) is 29.6 Å². The summed E-state index contributed by atoms with van der Waals surface area (Å²) in [4.78, 5) is 8.11. The Balaban J connectivity index is 1.75. The van der Waals surface area contributed by atoms with Crippen molar-refractivity contribution in [2.75, 3.05) is 5.73 Å². The van der Waals surface area contributed by atoms with E-state index in [2.05, 4.69) is 32.1 Å². The zero-order chi connectivity index (χ0) is 20.6. The maximum absolute atomic E-state index is 12.7. The fourth-order valence-electron chi connectivity index (χ4n) is 2.87. The molecule has 3 N–H and O–H groups in total. The first-order chi connectivity index (χ1) is 13.9. The summed E-state index contributed by atoms with van der Waals surface area (Å²) in [6, 6.07) is 8.62. The summed E-state index contributed by atoms with van der Waals surface area (Å²) in [5.74, 6) is 6.40. The lowest BCUT2D eigenvalue weighted by Gasteiger charge is -2.11. The average molecular weight is 392 g/mol. The number of alkyl halides is 1. The highest BCUT2D eigenvalue weighted by Gasteiger charge is 2.25. The molecule has 0 saturated heterocycles. The summed E-state index contributed by atoms with van der Waals surface area (Å²) in [5, 5.41) is 19.7. The lowest BCUT2D eigenvalue weighted by Crippen LogP contribution is -2.18. The van der Waals surface area contributed by atoms with Crippen molar-refractivity contribution in [3.05, 3.63) is 59.2 Å². The average Bonchev–Trinajstić information content (AvgIpc) is 3.32. The molecule has 0 radical (unpaired) electrons. The number of aryl methyl sites for hydroxylation is 1. The number of nitrogens with zero attached hydrogens (tertiary/aromatic N) is 5. The Morgan fingerprint density at radius 1 is 1.31 bits per heavy atom. The number of rotatable bonds is 3. The van der Waals surface area contributed by atoms with E-state index in [1.807, 2.05) is 25.1 Å². The number of hydrogen-bond donors (Lipinski definition) is 2. The van der Waals surface area contributed by atoms with Gasteiger partial charge in [0.25, 0.3) is 0 Å². The standard InChI is InChI=1S/C20H17FN6O2/c1-12-15-4-3-13(5-7-20(2,28)17-10-14(11-21)29-26-17)9-16(15)27(25-12)18-6-8-23-19(22)24-18/h3-4,6,8-10,28H,11H2,1-2H3,(H2,22,23,24). The van der Waals surface area contributed by atoms with Gasteiger partial charge in [-0.15, -0.1) is 0 Å². The molecule has 3 aromatic heterocycles. The molecule has 4 aromatic rings. The van der Waals surface area contributed by atoms with Crippen molar-refractivity contribution < 1.29 is 14.0 Å². The summed E-state index contributed by atoms with van der Waals surface area (Å²) >= 11 is 0. The van der Waals surface area contributed by atoms with Gasteiger partial charge in [0.2, 0.25) is 5.95 Å². The molecule has 29 heavy (non-hydrogen) atoms. The van der Waals surface area contributed by atoms with Crippen molar-refractivity contribution in [2.24, 2.45) is 0 Å². The van der Waals surface area contributed by atoms with Crippen LogP contribution in [0.2, 0.25) is 0 Å². The fourth-order valence-corrected chi connectivity index (χ4v) is 2.87. The van der Waals surface area contributed by atoms with Gasteiger partial charge in [-0.1, -0.05) is 17.0 Å². The van der Waals surface area contributed by atoms with Crippen LogP contribution in [0, 0.1) is 18.8 Å². The van der Waals surface area contributed by atoms with E-state index in [1.165, 1.54) is 13.0 Å². The number of halogens is 1. The van der Waals surface area contributed by atoms with Gasteiger partial charge in [-0.05, 0) is 32.0 Å². The van der Waals surface area contributed by atoms with E-state index in [0.717, 1.165) is 16.6 Å². The van der Waals surface area contributed by atoms with Gasteiger partial charge in [0.05, 0.1) is 11.2 Å². The molecule has 0 amide bonds. The largest absolute Gasteiger partial charge is 0.372 e. The second kappa shape index (κ2) is 7.00.